The van der Waals surface area contributed by atoms with Crippen LogP contribution in [-0.2, 0) is 6.18 Å². The lowest BCUT2D eigenvalue weighted by Crippen LogP contribution is -2.07. The van der Waals surface area contributed by atoms with Crippen LogP contribution in [0.15, 0.2) is 91.0 Å². The second-order valence-corrected chi connectivity index (χ2v) is 6.06. The quantitative estimate of drug-likeness (QED) is 0.411. The molecule has 0 atom stereocenters. The second-order valence-electron chi connectivity index (χ2n) is 6.06. The van der Waals surface area contributed by atoms with Gasteiger partial charge in [0.2, 0.25) is 0 Å². The highest BCUT2D eigenvalue weighted by molar-refractivity contribution is 6.32. The van der Waals surface area contributed by atoms with Gasteiger partial charge in [-0.1, -0.05) is 72.8 Å². The summed E-state index contributed by atoms with van der Waals surface area (Å²) in [6, 6.07) is 21.1. The van der Waals surface area contributed by atoms with Crippen LogP contribution >= 0.6 is 0 Å². The van der Waals surface area contributed by atoms with E-state index in [-0.39, 0.29) is 16.9 Å². The van der Waals surface area contributed by atoms with Gasteiger partial charge in [0, 0.05) is 16.7 Å². The van der Waals surface area contributed by atoms with E-state index in [0.717, 1.165) is 24.3 Å². The number of halogens is 3. The summed E-state index contributed by atoms with van der Waals surface area (Å²) >= 11 is 0. The van der Waals surface area contributed by atoms with Crippen LogP contribution in [0.4, 0.5) is 13.2 Å². The number of alkyl halides is 3. The monoisotopic (exact) mass is 380 g/mol. The van der Waals surface area contributed by atoms with E-state index in [1.54, 1.807) is 60.7 Å². The van der Waals surface area contributed by atoms with Gasteiger partial charge >= 0.3 is 6.18 Å². The minimum atomic E-state index is -4.48. The van der Waals surface area contributed by atoms with Crippen molar-refractivity contribution in [3.8, 4) is 0 Å². The maximum absolute atomic E-state index is 12.9. The van der Waals surface area contributed by atoms with Crippen LogP contribution in [0.5, 0.6) is 0 Å². The predicted molar refractivity (Wildman–Crippen MR) is 101 cm³/mol. The first kappa shape index (κ1) is 19.3. The first-order valence-corrected chi connectivity index (χ1v) is 8.45. The first-order chi connectivity index (χ1) is 13.4. The maximum Gasteiger partial charge on any atom is 0.416 e. The molecule has 2 nitrogen and oxygen atoms in total. The number of allylic oxidation sites excluding steroid dienone is 2. The number of Topliss-reactive ketones (excluding diaryl/α,β-unsaturated/α-hetero) is 1. The minimum absolute atomic E-state index is 0.0716. The Morgan fingerprint density at radius 1 is 0.643 bits per heavy atom. The topological polar surface area (TPSA) is 34.1 Å². The number of ketones is 2. The van der Waals surface area contributed by atoms with Gasteiger partial charge in [0.25, 0.3) is 0 Å². The molecule has 0 radical (unpaired) electrons. The Hall–Kier alpha value is -3.47. The Labute approximate surface area is 160 Å². The Morgan fingerprint density at radius 2 is 1.14 bits per heavy atom. The largest absolute Gasteiger partial charge is 0.416 e. The van der Waals surface area contributed by atoms with Crippen molar-refractivity contribution < 1.29 is 22.8 Å². The molecular formula is C23H15F3O2. The van der Waals surface area contributed by atoms with Crippen LogP contribution in [0.1, 0.15) is 31.8 Å². The zero-order valence-corrected chi connectivity index (χ0v) is 14.6. The summed E-state index contributed by atoms with van der Waals surface area (Å²) in [5, 5.41) is 0. The molecule has 3 aromatic rings. The van der Waals surface area contributed by atoms with Crippen LogP contribution in [0.3, 0.4) is 0 Å². The molecule has 140 valence electrons. The standard InChI is InChI=1S/C23H15F3O2/c24-23(25,26)19-13-11-17(12-14-19)21(27)15-20(16-7-3-1-4-8-16)22(28)18-9-5-2-6-10-18/h1-15H/b20-15-. The molecule has 0 unspecified atom stereocenters. The zero-order valence-electron chi connectivity index (χ0n) is 14.6. The van der Waals surface area contributed by atoms with E-state index in [2.05, 4.69) is 0 Å². The van der Waals surface area contributed by atoms with Crippen molar-refractivity contribution in [1.82, 2.24) is 0 Å². The summed E-state index contributed by atoms with van der Waals surface area (Å²) in [7, 11) is 0. The van der Waals surface area contributed by atoms with Crippen molar-refractivity contribution in [3.05, 3.63) is 113 Å². The molecule has 0 saturated heterocycles. The maximum atomic E-state index is 12.9. The Balaban J connectivity index is 1.99. The van der Waals surface area contributed by atoms with E-state index in [1.807, 2.05) is 0 Å². The molecule has 0 N–H and O–H groups in total. The van der Waals surface area contributed by atoms with Crippen LogP contribution in [0.25, 0.3) is 5.57 Å². The molecule has 0 saturated carbocycles. The number of rotatable bonds is 5. The number of carbonyl (C=O) groups is 2. The first-order valence-electron chi connectivity index (χ1n) is 8.45. The summed E-state index contributed by atoms with van der Waals surface area (Å²) in [6.45, 7) is 0. The van der Waals surface area contributed by atoms with Gasteiger partial charge in [-0.3, -0.25) is 9.59 Å². The molecule has 0 bridgehead atoms. The molecule has 28 heavy (non-hydrogen) atoms. The average Bonchev–Trinajstić information content (AvgIpc) is 2.72. The lowest BCUT2D eigenvalue weighted by molar-refractivity contribution is -0.137. The molecule has 0 aliphatic rings. The van der Waals surface area contributed by atoms with E-state index in [9.17, 15) is 22.8 Å². The summed E-state index contributed by atoms with van der Waals surface area (Å²) in [5.41, 5.74) is 0.380. The SMILES string of the molecule is O=C(/C=C(\C(=O)c1ccccc1)c1ccccc1)c1ccc(C(F)(F)F)cc1. The third-order valence-electron chi connectivity index (χ3n) is 4.14. The van der Waals surface area contributed by atoms with E-state index in [1.165, 1.54) is 6.08 Å². The zero-order chi connectivity index (χ0) is 20.1. The van der Waals surface area contributed by atoms with Gasteiger partial charge in [-0.15, -0.1) is 0 Å². The normalized spacial score (nSPS) is 11.9. The van der Waals surface area contributed by atoms with Crippen LogP contribution in [-0.4, -0.2) is 11.6 Å². The summed E-state index contributed by atoms with van der Waals surface area (Å²) in [4.78, 5) is 25.5. The second kappa shape index (κ2) is 8.05. The van der Waals surface area contributed by atoms with E-state index in [4.69, 9.17) is 0 Å². The van der Waals surface area contributed by atoms with E-state index in [0.29, 0.717) is 11.1 Å². The van der Waals surface area contributed by atoms with Gasteiger partial charge < -0.3 is 0 Å². The molecule has 0 heterocycles. The number of hydrogen-bond donors (Lipinski definition) is 0. The van der Waals surface area contributed by atoms with Crippen molar-refractivity contribution >= 4 is 17.1 Å². The van der Waals surface area contributed by atoms with Crippen LogP contribution < -0.4 is 0 Å². The molecule has 0 aromatic heterocycles. The highest BCUT2D eigenvalue weighted by Crippen LogP contribution is 2.29. The fourth-order valence-corrected chi connectivity index (χ4v) is 2.68. The third-order valence-corrected chi connectivity index (χ3v) is 4.14. The third kappa shape index (κ3) is 4.43. The van der Waals surface area contributed by atoms with Crippen molar-refractivity contribution in [2.45, 2.75) is 6.18 Å². The van der Waals surface area contributed by atoms with E-state index < -0.39 is 17.5 Å². The Bertz CT molecular complexity index is 1000. The van der Waals surface area contributed by atoms with Crippen molar-refractivity contribution in [2.24, 2.45) is 0 Å². The fraction of sp³-hybridized carbons (Fsp3) is 0.0435. The van der Waals surface area contributed by atoms with Crippen LogP contribution in [0.2, 0.25) is 0 Å². The lowest BCUT2D eigenvalue weighted by Gasteiger charge is -2.09. The van der Waals surface area contributed by atoms with Gasteiger partial charge in [-0.2, -0.15) is 13.2 Å². The highest BCUT2D eigenvalue weighted by Gasteiger charge is 2.30. The molecule has 0 amide bonds. The van der Waals surface area contributed by atoms with Gasteiger partial charge in [-0.25, -0.2) is 0 Å². The van der Waals surface area contributed by atoms with Crippen molar-refractivity contribution in [3.63, 3.8) is 0 Å². The predicted octanol–water partition coefficient (Wildman–Crippen LogP) is 5.85. The minimum Gasteiger partial charge on any atom is -0.289 e. The summed E-state index contributed by atoms with van der Waals surface area (Å²) in [5.74, 6) is -0.885. The molecule has 5 heteroatoms. The molecule has 3 aromatic carbocycles. The van der Waals surface area contributed by atoms with Gasteiger partial charge in [0.15, 0.2) is 11.6 Å². The molecule has 0 aliphatic carbocycles. The van der Waals surface area contributed by atoms with Gasteiger partial charge in [-0.05, 0) is 23.8 Å². The number of benzene rings is 3. The Morgan fingerprint density at radius 3 is 1.64 bits per heavy atom. The molecule has 0 fully saturated rings. The highest BCUT2D eigenvalue weighted by atomic mass is 19.4. The lowest BCUT2D eigenvalue weighted by atomic mass is 9.94. The Kier molecular flexibility index (Phi) is 5.54. The van der Waals surface area contributed by atoms with Crippen LogP contribution in [0, 0.1) is 0 Å². The van der Waals surface area contributed by atoms with Gasteiger partial charge in [0.1, 0.15) is 0 Å². The molecule has 0 aliphatic heterocycles. The summed E-state index contributed by atoms with van der Waals surface area (Å²) < 4.78 is 38.1. The van der Waals surface area contributed by atoms with Crippen molar-refractivity contribution in [1.29, 1.82) is 0 Å². The fourth-order valence-electron chi connectivity index (χ4n) is 2.68. The van der Waals surface area contributed by atoms with E-state index >= 15 is 0 Å². The molecular weight excluding hydrogens is 365 g/mol. The van der Waals surface area contributed by atoms with Crippen molar-refractivity contribution in [2.75, 3.05) is 0 Å². The molecule has 0 spiro atoms. The summed E-state index contributed by atoms with van der Waals surface area (Å²) in [6.07, 6.45) is -3.30. The average molecular weight is 380 g/mol. The number of carbonyl (C=O) groups excluding carboxylic acids is 2. The molecule has 3 rings (SSSR count). The van der Waals surface area contributed by atoms with Gasteiger partial charge in [0.05, 0.1) is 5.56 Å². The smallest absolute Gasteiger partial charge is 0.289 e. The number of hydrogen-bond acceptors (Lipinski definition) is 2.